The maximum atomic E-state index is 13.6. The Labute approximate surface area is 181 Å². The van der Waals surface area contributed by atoms with Gasteiger partial charge in [-0.15, -0.1) is 0 Å². The van der Waals surface area contributed by atoms with Gasteiger partial charge in [-0.25, -0.2) is 9.18 Å². The van der Waals surface area contributed by atoms with Crippen LogP contribution in [0.5, 0.6) is 0 Å². The van der Waals surface area contributed by atoms with Gasteiger partial charge in [0.15, 0.2) is 5.78 Å². The summed E-state index contributed by atoms with van der Waals surface area (Å²) in [6.45, 7) is 2.90. The van der Waals surface area contributed by atoms with E-state index in [-0.39, 0.29) is 36.0 Å². The van der Waals surface area contributed by atoms with Gasteiger partial charge in [0.05, 0.1) is 0 Å². The van der Waals surface area contributed by atoms with Crippen molar-refractivity contribution in [2.24, 2.45) is 5.92 Å². The molecule has 2 aromatic rings. The molecule has 2 aromatic carbocycles. The van der Waals surface area contributed by atoms with E-state index < -0.39 is 0 Å². The minimum absolute atomic E-state index is 0.0533. The van der Waals surface area contributed by atoms with Crippen LogP contribution in [0, 0.1) is 11.7 Å². The van der Waals surface area contributed by atoms with Gasteiger partial charge < -0.3 is 15.5 Å². The van der Waals surface area contributed by atoms with Crippen molar-refractivity contribution in [3.8, 4) is 0 Å². The molecule has 0 bridgehead atoms. The van der Waals surface area contributed by atoms with Crippen LogP contribution in [0.3, 0.4) is 0 Å². The summed E-state index contributed by atoms with van der Waals surface area (Å²) in [7, 11) is 0. The Morgan fingerprint density at radius 2 is 1.94 bits per heavy atom. The Kier molecular flexibility index (Phi) is 7.76. The summed E-state index contributed by atoms with van der Waals surface area (Å²) in [6.07, 6.45) is 2.86. The molecular formula is C24H28FN3O3. The summed E-state index contributed by atoms with van der Waals surface area (Å²) >= 11 is 0. The van der Waals surface area contributed by atoms with E-state index in [1.807, 2.05) is 0 Å². The third kappa shape index (κ3) is 6.64. The molecule has 0 spiro atoms. The summed E-state index contributed by atoms with van der Waals surface area (Å²) in [5.41, 5.74) is 1.60. The van der Waals surface area contributed by atoms with Crippen LogP contribution in [0.2, 0.25) is 0 Å². The largest absolute Gasteiger partial charge is 0.352 e. The quantitative estimate of drug-likeness (QED) is 0.647. The van der Waals surface area contributed by atoms with E-state index in [0.717, 1.165) is 12.8 Å². The Morgan fingerprint density at radius 1 is 1.13 bits per heavy atom. The van der Waals surface area contributed by atoms with Gasteiger partial charge in [-0.1, -0.05) is 30.3 Å². The number of Topliss-reactive ketones (excluding diaryl/α,β-unsaturated/α-hetero) is 1. The average molecular weight is 426 g/mol. The van der Waals surface area contributed by atoms with E-state index >= 15 is 0 Å². The first-order chi connectivity index (χ1) is 14.9. The van der Waals surface area contributed by atoms with Gasteiger partial charge in [-0.2, -0.15) is 0 Å². The Balaban J connectivity index is 1.45. The fraction of sp³-hybridized carbons (Fsp3) is 0.375. The first-order valence-corrected chi connectivity index (χ1v) is 10.6. The Hall–Kier alpha value is -3.22. The molecule has 31 heavy (non-hydrogen) atoms. The molecule has 2 N–H and O–H groups in total. The number of urea groups is 1. The monoisotopic (exact) mass is 425 g/mol. The number of carbonyl (C=O) groups is 3. The first kappa shape index (κ1) is 22.5. The minimum Gasteiger partial charge on any atom is -0.352 e. The van der Waals surface area contributed by atoms with Crippen LogP contribution in [0.4, 0.5) is 14.9 Å². The number of nitrogens with zero attached hydrogens (tertiary/aromatic N) is 1. The molecule has 0 saturated carbocycles. The highest BCUT2D eigenvalue weighted by Gasteiger charge is 2.24. The number of anilines is 1. The predicted molar refractivity (Wildman–Crippen MR) is 117 cm³/mol. The summed E-state index contributed by atoms with van der Waals surface area (Å²) < 4.78 is 13.6. The van der Waals surface area contributed by atoms with E-state index in [9.17, 15) is 18.8 Å². The van der Waals surface area contributed by atoms with Gasteiger partial charge >= 0.3 is 6.03 Å². The second kappa shape index (κ2) is 10.7. The molecule has 0 radical (unpaired) electrons. The van der Waals surface area contributed by atoms with Crippen LogP contribution in [-0.2, 0) is 11.3 Å². The number of likely N-dealkylation sites (tertiary alicyclic amines) is 1. The maximum absolute atomic E-state index is 13.6. The summed E-state index contributed by atoms with van der Waals surface area (Å²) in [4.78, 5) is 38.1. The summed E-state index contributed by atoms with van der Waals surface area (Å²) in [6, 6.07) is 13.1. The minimum atomic E-state index is -0.328. The normalized spacial score (nSPS) is 15.9. The third-order valence-corrected chi connectivity index (χ3v) is 5.54. The molecule has 0 unspecified atom stereocenters. The number of ketones is 1. The number of piperidine rings is 1. The van der Waals surface area contributed by atoms with Crippen molar-refractivity contribution >= 4 is 23.4 Å². The predicted octanol–water partition coefficient (Wildman–Crippen LogP) is 4.37. The molecule has 6 nitrogen and oxygen atoms in total. The highest BCUT2D eigenvalue weighted by atomic mass is 19.1. The van der Waals surface area contributed by atoms with Gasteiger partial charge in [0.25, 0.3) is 0 Å². The molecule has 0 aliphatic carbocycles. The SMILES string of the molecule is CC(=O)c1cccc(NC(=O)N2CCC[C@@H](CCC(=O)NCc3ccccc3F)C2)c1. The van der Waals surface area contributed by atoms with E-state index in [4.69, 9.17) is 0 Å². The number of carbonyl (C=O) groups excluding carboxylic acids is 3. The molecule has 1 fully saturated rings. The van der Waals surface area contributed by atoms with E-state index in [1.54, 1.807) is 47.4 Å². The zero-order valence-corrected chi connectivity index (χ0v) is 17.7. The lowest BCUT2D eigenvalue weighted by Crippen LogP contribution is -2.42. The third-order valence-electron chi connectivity index (χ3n) is 5.54. The average Bonchev–Trinajstić information content (AvgIpc) is 2.77. The number of halogens is 1. The molecule has 1 saturated heterocycles. The van der Waals surface area contributed by atoms with Crippen molar-refractivity contribution in [2.45, 2.75) is 39.2 Å². The first-order valence-electron chi connectivity index (χ1n) is 10.6. The van der Waals surface area contributed by atoms with Crippen molar-refractivity contribution in [3.63, 3.8) is 0 Å². The molecule has 1 aliphatic heterocycles. The highest BCUT2D eigenvalue weighted by molar-refractivity contribution is 5.96. The lowest BCUT2D eigenvalue weighted by molar-refractivity contribution is -0.121. The van der Waals surface area contributed by atoms with E-state index in [1.165, 1.54) is 13.0 Å². The number of benzene rings is 2. The second-order valence-corrected chi connectivity index (χ2v) is 7.93. The van der Waals surface area contributed by atoms with Crippen LogP contribution in [0.25, 0.3) is 0 Å². The Morgan fingerprint density at radius 3 is 2.71 bits per heavy atom. The van der Waals surface area contributed by atoms with Gasteiger partial charge in [0.2, 0.25) is 5.91 Å². The van der Waals surface area contributed by atoms with Gasteiger partial charge in [0, 0.05) is 42.9 Å². The standard InChI is InChI=1S/C24H28FN3O3/c1-17(29)19-8-4-9-21(14-19)27-24(31)28-13-5-6-18(16-28)11-12-23(30)26-15-20-7-2-3-10-22(20)25/h2-4,7-10,14,18H,5-6,11-13,15-16H2,1H3,(H,26,30)(H,27,31)/t18-/m0/s1. The van der Waals surface area contributed by atoms with Gasteiger partial charge in [-0.05, 0) is 50.3 Å². The summed E-state index contributed by atoms with van der Waals surface area (Å²) in [5.74, 6) is -0.263. The van der Waals surface area contributed by atoms with Crippen molar-refractivity contribution in [3.05, 3.63) is 65.5 Å². The lowest BCUT2D eigenvalue weighted by Gasteiger charge is -2.32. The second-order valence-electron chi connectivity index (χ2n) is 7.93. The van der Waals surface area contributed by atoms with Crippen LogP contribution in [0.15, 0.2) is 48.5 Å². The number of rotatable bonds is 7. The van der Waals surface area contributed by atoms with Crippen LogP contribution >= 0.6 is 0 Å². The number of nitrogens with one attached hydrogen (secondary N) is 2. The number of hydrogen-bond acceptors (Lipinski definition) is 3. The zero-order valence-electron chi connectivity index (χ0n) is 17.7. The fourth-order valence-corrected chi connectivity index (χ4v) is 3.76. The zero-order chi connectivity index (χ0) is 22.2. The highest BCUT2D eigenvalue weighted by Crippen LogP contribution is 2.22. The van der Waals surface area contributed by atoms with Crippen LogP contribution in [0.1, 0.15) is 48.5 Å². The van der Waals surface area contributed by atoms with Crippen molar-refractivity contribution in [2.75, 3.05) is 18.4 Å². The van der Waals surface area contributed by atoms with Gasteiger partial charge in [-0.3, -0.25) is 9.59 Å². The van der Waals surface area contributed by atoms with Crippen molar-refractivity contribution in [1.29, 1.82) is 0 Å². The molecule has 1 heterocycles. The topological polar surface area (TPSA) is 78.5 Å². The summed E-state index contributed by atoms with van der Waals surface area (Å²) in [5, 5.41) is 5.62. The molecular weight excluding hydrogens is 397 g/mol. The van der Waals surface area contributed by atoms with E-state index in [0.29, 0.717) is 42.7 Å². The molecule has 3 rings (SSSR count). The lowest BCUT2D eigenvalue weighted by atomic mass is 9.93. The molecule has 1 atom stereocenters. The number of hydrogen-bond donors (Lipinski definition) is 2. The molecule has 164 valence electrons. The van der Waals surface area contributed by atoms with Crippen LogP contribution in [-0.4, -0.2) is 35.7 Å². The molecule has 3 amide bonds. The number of amides is 3. The molecule has 1 aliphatic rings. The Bertz CT molecular complexity index is 947. The van der Waals surface area contributed by atoms with Crippen LogP contribution < -0.4 is 10.6 Å². The molecule has 0 aromatic heterocycles. The van der Waals surface area contributed by atoms with Crippen molar-refractivity contribution < 1.29 is 18.8 Å². The van der Waals surface area contributed by atoms with Gasteiger partial charge in [0.1, 0.15) is 5.82 Å². The van der Waals surface area contributed by atoms with Crippen molar-refractivity contribution in [1.82, 2.24) is 10.2 Å². The maximum Gasteiger partial charge on any atom is 0.321 e. The fourth-order valence-electron chi connectivity index (χ4n) is 3.76. The molecule has 7 heteroatoms. The smallest absolute Gasteiger partial charge is 0.321 e. The van der Waals surface area contributed by atoms with E-state index in [2.05, 4.69) is 10.6 Å².